The summed E-state index contributed by atoms with van der Waals surface area (Å²) in [5.74, 6) is 0.162. The fourth-order valence-electron chi connectivity index (χ4n) is 4.03. The van der Waals surface area contributed by atoms with E-state index in [1.807, 2.05) is 0 Å². The van der Waals surface area contributed by atoms with Crippen LogP contribution in [0.5, 0.6) is 5.75 Å². The highest BCUT2D eigenvalue weighted by Crippen LogP contribution is 2.32. The Bertz CT molecular complexity index is 1120. The van der Waals surface area contributed by atoms with Crippen molar-refractivity contribution in [1.29, 1.82) is 0 Å². The van der Waals surface area contributed by atoms with Gasteiger partial charge in [-0.1, -0.05) is 25.0 Å². The van der Waals surface area contributed by atoms with Crippen LogP contribution < -0.4 is 15.4 Å². The van der Waals surface area contributed by atoms with Crippen molar-refractivity contribution in [3.05, 3.63) is 48.0 Å². The van der Waals surface area contributed by atoms with Crippen LogP contribution >= 0.6 is 0 Å². The van der Waals surface area contributed by atoms with Crippen LogP contribution in [-0.2, 0) is 26.0 Å². The fraction of sp³-hybridized carbons (Fsp3) is 0.417. The molecule has 1 fully saturated rings. The third kappa shape index (κ3) is 5.54. The molecule has 0 aromatic heterocycles. The van der Waals surface area contributed by atoms with Crippen LogP contribution in [0.3, 0.4) is 0 Å². The number of amides is 2. The quantitative estimate of drug-likeness (QED) is 0.671. The van der Waals surface area contributed by atoms with E-state index in [4.69, 9.17) is 4.74 Å². The van der Waals surface area contributed by atoms with Crippen LogP contribution in [0.4, 0.5) is 11.4 Å². The number of ether oxygens (including phenoxy) is 1. The number of benzene rings is 2. The van der Waals surface area contributed by atoms with Gasteiger partial charge < -0.3 is 15.4 Å². The number of hydrogen-bond donors (Lipinski definition) is 2. The van der Waals surface area contributed by atoms with Crippen molar-refractivity contribution in [2.45, 2.75) is 56.4 Å². The average molecular weight is 472 g/mol. The molecule has 9 heteroatoms. The maximum atomic E-state index is 12.9. The standard InChI is InChI=1S/C24H29N3O5S/c1-17-24(29)26-21-16-19(9-12-22(21)32-17)25-23(28)13-8-18-6-10-20(11-7-18)33(30,31)27-14-4-2-3-5-15-27/h6-7,9-12,16-17H,2-5,8,13-15H2,1H3,(H,25,28)(H,26,29). The first-order valence-corrected chi connectivity index (χ1v) is 12.8. The van der Waals surface area contributed by atoms with Gasteiger partial charge in [0.05, 0.1) is 10.6 Å². The van der Waals surface area contributed by atoms with E-state index in [2.05, 4.69) is 10.6 Å². The average Bonchev–Trinajstić information content (AvgIpc) is 3.09. The van der Waals surface area contributed by atoms with Gasteiger partial charge in [0, 0.05) is 25.2 Å². The van der Waals surface area contributed by atoms with E-state index in [9.17, 15) is 18.0 Å². The molecule has 1 unspecified atom stereocenters. The summed E-state index contributed by atoms with van der Waals surface area (Å²) in [6.45, 7) is 2.81. The van der Waals surface area contributed by atoms with Gasteiger partial charge in [0.1, 0.15) is 5.75 Å². The van der Waals surface area contributed by atoms with Gasteiger partial charge in [-0.05, 0) is 62.1 Å². The Hall–Kier alpha value is -2.91. The Morgan fingerprint density at radius 3 is 2.48 bits per heavy atom. The topological polar surface area (TPSA) is 105 Å². The summed E-state index contributed by atoms with van der Waals surface area (Å²) in [7, 11) is -3.48. The lowest BCUT2D eigenvalue weighted by Gasteiger charge is -2.23. The molecule has 0 radical (unpaired) electrons. The van der Waals surface area contributed by atoms with Crippen molar-refractivity contribution in [2.75, 3.05) is 23.7 Å². The highest BCUT2D eigenvalue weighted by atomic mass is 32.2. The molecule has 0 spiro atoms. The molecule has 33 heavy (non-hydrogen) atoms. The summed E-state index contributed by atoms with van der Waals surface area (Å²) in [5.41, 5.74) is 1.98. The lowest BCUT2D eigenvalue weighted by molar-refractivity contribution is -0.122. The molecule has 8 nitrogen and oxygen atoms in total. The molecule has 2 aliphatic rings. The van der Waals surface area contributed by atoms with Crippen LogP contribution in [0.15, 0.2) is 47.4 Å². The number of nitrogens with zero attached hydrogens (tertiary/aromatic N) is 1. The van der Waals surface area contributed by atoms with Gasteiger partial charge in [-0.2, -0.15) is 4.31 Å². The molecular formula is C24H29N3O5S. The van der Waals surface area contributed by atoms with Gasteiger partial charge in [0.25, 0.3) is 5.91 Å². The second kappa shape index (κ2) is 9.93. The molecular weight excluding hydrogens is 442 g/mol. The van der Waals surface area contributed by atoms with E-state index in [0.29, 0.717) is 41.5 Å². The maximum absolute atomic E-state index is 12.9. The number of hydrogen-bond acceptors (Lipinski definition) is 5. The van der Waals surface area contributed by atoms with Crippen molar-refractivity contribution in [3.8, 4) is 5.75 Å². The predicted octanol–water partition coefficient (Wildman–Crippen LogP) is 3.54. The van der Waals surface area contributed by atoms with E-state index < -0.39 is 16.1 Å². The minimum absolute atomic E-state index is 0.173. The van der Waals surface area contributed by atoms with E-state index in [-0.39, 0.29) is 18.2 Å². The number of fused-ring (bicyclic) bond motifs is 1. The maximum Gasteiger partial charge on any atom is 0.265 e. The first-order valence-electron chi connectivity index (χ1n) is 11.3. The Balaban J connectivity index is 1.33. The summed E-state index contributed by atoms with van der Waals surface area (Å²) in [6, 6.07) is 11.9. The lowest BCUT2D eigenvalue weighted by Crippen LogP contribution is -2.34. The van der Waals surface area contributed by atoms with E-state index in [0.717, 1.165) is 31.2 Å². The van der Waals surface area contributed by atoms with Crippen LogP contribution in [0.1, 0.15) is 44.6 Å². The lowest BCUT2D eigenvalue weighted by atomic mass is 10.1. The normalized spacial score (nSPS) is 19.1. The first kappa shape index (κ1) is 23.3. The summed E-state index contributed by atoms with van der Waals surface area (Å²) in [6.07, 6.45) is 4.11. The van der Waals surface area contributed by atoms with Crippen LogP contribution in [0, 0.1) is 0 Å². The third-order valence-electron chi connectivity index (χ3n) is 5.96. The number of sulfonamides is 1. The molecule has 2 amide bonds. The van der Waals surface area contributed by atoms with E-state index >= 15 is 0 Å². The molecule has 0 bridgehead atoms. The molecule has 0 aliphatic carbocycles. The summed E-state index contributed by atoms with van der Waals surface area (Å²) < 4.78 is 32.9. The van der Waals surface area contributed by atoms with Crippen molar-refractivity contribution < 1.29 is 22.7 Å². The van der Waals surface area contributed by atoms with Crippen molar-refractivity contribution in [2.24, 2.45) is 0 Å². The Morgan fingerprint density at radius 1 is 1.09 bits per heavy atom. The zero-order chi connectivity index (χ0) is 23.4. The molecule has 2 aliphatic heterocycles. The smallest absolute Gasteiger partial charge is 0.265 e. The van der Waals surface area contributed by atoms with Crippen molar-refractivity contribution in [1.82, 2.24) is 4.31 Å². The molecule has 1 atom stereocenters. The largest absolute Gasteiger partial charge is 0.479 e. The highest BCUT2D eigenvalue weighted by Gasteiger charge is 2.25. The number of carbonyl (C=O) groups excluding carboxylic acids is 2. The zero-order valence-corrected chi connectivity index (χ0v) is 19.5. The fourth-order valence-corrected chi connectivity index (χ4v) is 5.54. The SMILES string of the molecule is CC1Oc2ccc(NC(=O)CCc3ccc(S(=O)(=O)N4CCCCCC4)cc3)cc2NC1=O. The zero-order valence-electron chi connectivity index (χ0n) is 18.7. The second-order valence-corrected chi connectivity index (χ2v) is 10.4. The Morgan fingerprint density at radius 2 is 1.79 bits per heavy atom. The van der Waals surface area contributed by atoms with Crippen LogP contribution in [0.25, 0.3) is 0 Å². The predicted molar refractivity (Wildman–Crippen MR) is 126 cm³/mol. The second-order valence-electron chi connectivity index (χ2n) is 8.47. The molecule has 0 saturated carbocycles. The minimum Gasteiger partial charge on any atom is -0.479 e. The molecule has 1 saturated heterocycles. The van der Waals surface area contributed by atoms with Gasteiger partial charge in [-0.25, -0.2) is 8.42 Å². The molecule has 2 aromatic carbocycles. The summed E-state index contributed by atoms with van der Waals surface area (Å²) >= 11 is 0. The number of aryl methyl sites for hydroxylation is 1. The van der Waals surface area contributed by atoms with E-state index in [1.54, 1.807) is 53.7 Å². The monoisotopic (exact) mass is 471 g/mol. The van der Waals surface area contributed by atoms with Crippen LogP contribution in [-0.4, -0.2) is 43.7 Å². The Labute approximate surface area is 194 Å². The summed E-state index contributed by atoms with van der Waals surface area (Å²) in [5, 5.41) is 5.58. The number of carbonyl (C=O) groups is 2. The number of rotatable bonds is 6. The van der Waals surface area contributed by atoms with E-state index in [1.165, 1.54) is 0 Å². The van der Waals surface area contributed by atoms with Gasteiger partial charge in [0.15, 0.2) is 6.10 Å². The number of anilines is 2. The molecule has 2 aromatic rings. The first-order chi connectivity index (χ1) is 15.8. The molecule has 176 valence electrons. The molecule has 4 rings (SSSR count). The number of nitrogens with one attached hydrogen (secondary N) is 2. The van der Waals surface area contributed by atoms with Gasteiger partial charge in [-0.3, -0.25) is 9.59 Å². The van der Waals surface area contributed by atoms with Gasteiger partial charge in [0.2, 0.25) is 15.9 Å². The third-order valence-corrected chi connectivity index (χ3v) is 7.87. The molecule has 2 heterocycles. The van der Waals surface area contributed by atoms with Gasteiger partial charge >= 0.3 is 0 Å². The van der Waals surface area contributed by atoms with Crippen LogP contribution in [0.2, 0.25) is 0 Å². The highest BCUT2D eigenvalue weighted by molar-refractivity contribution is 7.89. The molecule has 2 N–H and O–H groups in total. The summed E-state index contributed by atoms with van der Waals surface area (Å²) in [4.78, 5) is 24.5. The van der Waals surface area contributed by atoms with Crippen molar-refractivity contribution >= 4 is 33.2 Å². The minimum atomic E-state index is -3.48. The Kier molecular flexibility index (Phi) is 6.99. The van der Waals surface area contributed by atoms with Crippen molar-refractivity contribution in [3.63, 3.8) is 0 Å². The van der Waals surface area contributed by atoms with Gasteiger partial charge in [-0.15, -0.1) is 0 Å².